The fraction of sp³-hybridized carbons (Fsp3) is 0.500. The fourth-order valence-electron chi connectivity index (χ4n) is 2.91. The molecule has 1 aliphatic carbocycles. The summed E-state index contributed by atoms with van der Waals surface area (Å²) >= 11 is 3.50. The Labute approximate surface area is 114 Å². The first-order chi connectivity index (χ1) is 8.61. The van der Waals surface area contributed by atoms with E-state index < -0.39 is 11.4 Å². The smallest absolute Gasteiger partial charge is 0.309 e. The normalized spacial score (nSPS) is 19.8. The maximum absolute atomic E-state index is 11.4. The number of carboxylic acids is 1. The summed E-state index contributed by atoms with van der Waals surface area (Å²) < 4.78 is 6.68. The minimum absolute atomic E-state index is 0.555. The molecule has 0 atom stereocenters. The summed E-state index contributed by atoms with van der Waals surface area (Å²) in [6.45, 7) is 0.707. The van der Waals surface area contributed by atoms with Gasteiger partial charge in [0.1, 0.15) is 5.75 Å². The van der Waals surface area contributed by atoms with Crippen LogP contribution in [0.4, 0.5) is 0 Å². The van der Waals surface area contributed by atoms with Gasteiger partial charge in [-0.25, -0.2) is 0 Å². The van der Waals surface area contributed by atoms with Crippen LogP contribution in [0.5, 0.6) is 5.75 Å². The van der Waals surface area contributed by atoms with E-state index in [1.807, 2.05) is 6.07 Å². The molecule has 3 rings (SSSR count). The van der Waals surface area contributed by atoms with Crippen LogP contribution < -0.4 is 4.74 Å². The molecule has 0 bridgehead atoms. The molecule has 1 heterocycles. The van der Waals surface area contributed by atoms with E-state index in [1.165, 1.54) is 5.56 Å². The van der Waals surface area contributed by atoms with Crippen molar-refractivity contribution in [2.75, 3.05) is 6.61 Å². The quantitative estimate of drug-likeness (QED) is 0.932. The van der Waals surface area contributed by atoms with Crippen molar-refractivity contribution in [3.05, 3.63) is 27.7 Å². The summed E-state index contributed by atoms with van der Waals surface area (Å²) in [5.41, 5.74) is 1.68. The van der Waals surface area contributed by atoms with Gasteiger partial charge in [0.15, 0.2) is 0 Å². The van der Waals surface area contributed by atoms with Crippen LogP contribution in [0, 0.1) is 5.41 Å². The molecule has 4 heteroatoms. The molecular weight excluding hydrogens is 296 g/mol. The lowest BCUT2D eigenvalue weighted by Crippen LogP contribution is -2.39. The van der Waals surface area contributed by atoms with Crippen LogP contribution in [-0.4, -0.2) is 17.7 Å². The zero-order chi connectivity index (χ0) is 12.8. The molecule has 96 valence electrons. The first kappa shape index (κ1) is 12.0. The van der Waals surface area contributed by atoms with Crippen LogP contribution in [0.1, 0.15) is 30.4 Å². The zero-order valence-electron chi connectivity index (χ0n) is 10.0. The van der Waals surface area contributed by atoms with Crippen molar-refractivity contribution in [1.29, 1.82) is 0 Å². The lowest BCUT2D eigenvalue weighted by molar-refractivity contribution is -0.154. The Morgan fingerprint density at radius 1 is 1.44 bits per heavy atom. The molecule has 0 amide bonds. The van der Waals surface area contributed by atoms with E-state index in [0.717, 1.165) is 41.5 Å². The standard InChI is InChI=1S/C14H15BrO3/c15-11-6-9-2-5-18-12(9)10(7-11)8-14(13(16)17)3-1-4-14/h6-7H,1-5,8H2,(H,16,17). The van der Waals surface area contributed by atoms with Crippen LogP contribution in [0.3, 0.4) is 0 Å². The van der Waals surface area contributed by atoms with Crippen molar-refractivity contribution in [2.24, 2.45) is 5.41 Å². The van der Waals surface area contributed by atoms with Gasteiger partial charge in [0, 0.05) is 10.9 Å². The number of hydrogen-bond acceptors (Lipinski definition) is 2. The average Bonchev–Trinajstić information content (AvgIpc) is 2.70. The number of benzene rings is 1. The maximum Gasteiger partial charge on any atom is 0.309 e. The predicted molar refractivity (Wildman–Crippen MR) is 71.0 cm³/mol. The number of ether oxygens (including phenoxy) is 1. The van der Waals surface area contributed by atoms with Crippen molar-refractivity contribution >= 4 is 21.9 Å². The molecular formula is C14H15BrO3. The molecule has 18 heavy (non-hydrogen) atoms. The summed E-state index contributed by atoms with van der Waals surface area (Å²) in [6.07, 6.45) is 4.09. The summed E-state index contributed by atoms with van der Waals surface area (Å²) in [6, 6.07) is 4.08. The van der Waals surface area contributed by atoms with E-state index in [4.69, 9.17) is 4.74 Å². The van der Waals surface area contributed by atoms with E-state index in [0.29, 0.717) is 13.0 Å². The number of rotatable bonds is 3. The molecule has 1 aromatic rings. The number of aliphatic carboxylic acids is 1. The Hall–Kier alpha value is -1.03. The topological polar surface area (TPSA) is 46.5 Å². The predicted octanol–water partition coefficient (Wildman–Crippen LogP) is 3.18. The second-order valence-corrected chi connectivity index (χ2v) is 6.18. The van der Waals surface area contributed by atoms with Gasteiger partial charge in [-0.05, 0) is 42.5 Å². The third-order valence-corrected chi connectivity index (χ3v) is 4.58. The molecule has 1 aromatic carbocycles. The van der Waals surface area contributed by atoms with E-state index in [1.54, 1.807) is 0 Å². The lowest BCUT2D eigenvalue weighted by atomic mass is 9.65. The number of carboxylic acid groups (broad SMARTS) is 1. The first-order valence-corrected chi connectivity index (χ1v) is 7.07. The zero-order valence-corrected chi connectivity index (χ0v) is 11.6. The number of carbonyl (C=O) groups is 1. The highest BCUT2D eigenvalue weighted by Crippen LogP contribution is 2.46. The molecule has 0 saturated heterocycles. The molecule has 1 N–H and O–H groups in total. The van der Waals surface area contributed by atoms with Crippen LogP contribution in [0.25, 0.3) is 0 Å². The van der Waals surface area contributed by atoms with Gasteiger partial charge in [0.2, 0.25) is 0 Å². The molecule has 0 radical (unpaired) electrons. The van der Waals surface area contributed by atoms with Crippen LogP contribution in [0.15, 0.2) is 16.6 Å². The van der Waals surface area contributed by atoms with Crippen molar-refractivity contribution in [2.45, 2.75) is 32.1 Å². The fourth-order valence-corrected chi connectivity index (χ4v) is 3.46. The summed E-state index contributed by atoms with van der Waals surface area (Å²) in [5, 5.41) is 9.41. The monoisotopic (exact) mass is 310 g/mol. The van der Waals surface area contributed by atoms with Crippen LogP contribution in [0.2, 0.25) is 0 Å². The Bertz CT molecular complexity index is 506. The minimum atomic E-state index is -0.666. The lowest BCUT2D eigenvalue weighted by Gasteiger charge is -2.38. The van der Waals surface area contributed by atoms with Gasteiger partial charge in [-0.1, -0.05) is 22.4 Å². The van der Waals surface area contributed by atoms with Gasteiger partial charge in [0.05, 0.1) is 12.0 Å². The van der Waals surface area contributed by atoms with Crippen molar-refractivity contribution in [1.82, 2.24) is 0 Å². The second-order valence-electron chi connectivity index (χ2n) is 5.27. The largest absolute Gasteiger partial charge is 0.493 e. The van der Waals surface area contributed by atoms with Gasteiger partial charge < -0.3 is 9.84 Å². The van der Waals surface area contributed by atoms with Gasteiger partial charge in [-0.15, -0.1) is 0 Å². The average molecular weight is 311 g/mol. The van der Waals surface area contributed by atoms with Crippen molar-refractivity contribution in [3.63, 3.8) is 0 Å². The van der Waals surface area contributed by atoms with Crippen LogP contribution in [-0.2, 0) is 17.6 Å². The van der Waals surface area contributed by atoms with Crippen LogP contribution >= 0.6 is 15.9 Å². The van der Waals surface area contributed by atoms with E-state index in [9.17, 15) is 9.90 Å². The van der Waals surface area contributed by atoms with E-state index in [2.05, 4.69) is 22.0 Å². The molecule has 3 nitrogen and oxygen atoms in total. The molecule has 2 aliphatic rings. The Kier molecular flexibility index (Phi) is 2.85. The molecule has 0 spiro atoms. The number of fused-ring (bicyclic) bond motifs is 1. The maximum atomic E-state index is 11.4. The Balaban J connectivity index is 1.95. The number of halogens is 1. The van der Waals surface area contributed by atoms with Crippen molar-refractivity contribution in [3.8, 4) is 5.75 Å². The third kappa shape index (κ3) is 1.83. The van der Waals surface area contributed by atoms with Gasteiger partial charge in [-0.3, -0.25) is 4.79 Å². The molecule has 0 unspecified atom stereocenters. The molecule has 0 aromatic heterocycles. The minimum Gasteiger partial charge on any atom is -0.493 e. The van der Waals surface area contributed by atoms with Gasteiger partial charge in [-0.2, -0.15) is 0 Å². The second kappa shape index (κ2) is 4.26. The van der Waals surface area contributed by atoms with E-state index in [-0.39, 0.29) is 0 Å². The highest BCUT2D eigenvalue weighted by Gasteiger charge is 2.45. The highest BCUT2D eigenvalue weighted by atomic mass is 79.9. The molecule has 1 fully saturated rings. The highest BCUT2D eigenvalue weighted by molar-refractivity contribution is 9.10. The summed E-state index contributed by atoms with van der Waals surface area (Å²) in [5.74, 6) is 0.256. The SMILES string of the molecule is O=C(O)C1(Cc2cc(Br)cc3c2OCC3)CCC1. The van der Waals surface area contributed by atoms with E-state index >= 15 is 0 Å². The first-order valence-electron chi connectivity index (χ1n) is 6.28. The van der Waals surface area contributed by atoms with Gasteiger partial charge >= 0.3 is 5.97 Å². The Morgan fingerprint density at radius 3 is 2.83 bits per heavy atom. The molecule has 1 saturated carbocycles. The Morgan fingerprint density at radius 2 is 2.22 bits per heavy atom. The molecule has 1 aliphatic heterocycles. The third-order valence-electron chi connectivity index (χ3n) is 4.12. The van der Waals surface area contributed by atoms with Gasteiger partial charge in [0.25, 0.3) is 0 Å². The summed E-state index contributed by atoms with van der Waals surface area (Å²) in [4.78, 5) is 11.4. The summed E-state index contributed by atoms with van der Waals surface area (Å²) in [7, 11) is 0. The number of hydrogen-bond donors (Lipinski definition) is 1. The van der Waals surface area contributed by atoms with Crippen molar-refractivity contribution < 1.29 is 14.6 Å².